The van der Waals surface area contributed by atoms with E-state index in [2.05, 4.69) is 204 Å². The van der Waals surface area contributed by atoms with Gasteiger partial charge in [-0.3, -0.25) is 0 Å². The summed E-state index contributed by atoms with van der Waals surface area (Å²) in [6.45, 7) is 0. The zero-order valence-electron chi connectivity index (χ0n) is 28.2. The predicted octanol–water partition coefficient (Wildman–Crippen LogP) is 13.9. The Balaban J connectivity index is 1.14. The van der Waals surface area contributed by atoms with Crippen molar-refractivity contribution in [2.24, 2.45) is 0 Å². The van der Waals surface area contributed by atoms with Crippen LogP contribution in [0.1, 0.15) is 18.4 Å². The molecule has 0 spiro atoms. The van der Waals surface area contributed by atoms with E-state index in [1.807, 2.05) is 0 Å². The van der Waals surface area contributed by atoms with Gasteiger partial charge < -0.3 is 14.2 Å². The first-order valence-electron chi connectivity index (χ1n) is 17.6. The molecular formula is C48H36N2O. The van der Waals surface area contributed by atoms with Gasteiger partial charge in [0, 0.05) is 44.9 Å². The number of nitrogens with zero attached hydrogens (tertiary/aromatic N) is 2. The first-order valence-corrected chi connectivity index (χ1v) is 17.6. The van der Waals surface area contributed by atoms with Gasteiger partial charge in [-0.25, -0.2) is 0 Å². The SMILES string of the molecule is C1=CC(c2ccc(N(c3ccccc3)c3ccc4oc5ccc(N(c6ccccc6)c6ccc(-c7ccccc7)cc6)cc5c4c3)cc2)=CCC1. The molecule has 51 heavy (non-hydrogen) atoms. The number of benzene rings is 7. The summed E-state index contributed by atoms with van der Waals surface area (Å²) in [6, 6.07) is 62.4. The van der Waals surface area contributed by atoms with Gasteiger partial charge in [0.25, 0.3) is 0 Å². The first-order chi connectivity index (χ1) is 25.3. The fraction of sp³-hybridized carbons (Fsp3) is 0.0417. The highest BCUT2D eigenvalue weighted by Gasteiger charge is 2.18. The normalized spacial score (nSPS) is 12.6. The maximum atomic E-state index is 6.44. The molecule has 0 unspecified atom stereocenters. The molecule has 8 aromatic rings. The summed E-state index contributed by atoms with van der Waals surface area (Å²) in [5.74, 6) is 0. The Morgan fingerprint density at radius 3 is 1.29 bits per heavy atom. The Hall–Kier alpha value is -6.58. The fourth-order valence-corrected chi connectivity index (χ4v) is 7.14. The molecule has 3 nitrogen and oxygen atoms in total. The van der Waals surface area contributed by atoms with Crippen molar-refractivity contribution in [3.8, 4) is 11.1 Å². The Bertz CT molecular complexity index is 2500. The molecule has 0 bridgehead atoms. The van der Waals surface area contributed by atoms with E-state index in [1.165, 1.54) is 22.3 Å². The van der Waals surface area contributed by atoms with Gasteiger partial charge in [0.1, 0.15) is 11.2 Å². The Kier molecular flexibility index (Phi) is 7.99. The van der Waals surface area contributed by atoms with Gasteiger partial charge in [-0.05, 0) is 120 Å². The van der Waals surface area contributed by atoms with E-state index < -0.39 is 0 Å². The minimum Gasteiger partial charge on any atom is -0.456 e. The van der Waals surface area contributed by atoms with Crippen LogP contribution in [0.15, 0.2) is 199 Å². The van der Waals surface area contributed by atoms with Crippen LogP contribution in [0, 0.1) is 0 Å². The molecule has 1 aliphatic carbocycles. The topological polar surface area (TPSA) is 19.6 Å². The molecule has 0 saturated carbocycles. The van der Waals surface area contributed by atoms with Crippen LogP contribution >= 0.6 is 0 Å². The molecule has 0 atom stereocenters. The van der Waals surface area contributed by atoms with Crippen molar-refractivity contribution in [3.63, 3.8) is 0 Å². The second kappa shape index (κ2) is 13.4. The Labute approximate surface area is 298 Å². The number of anilines is 6. The third-order valence-corrected chi connectivity index (χ3v) is 9.67. The van der Waals surface area contributed by atoms with Crippen LogP contribution < -0.4 is 9.80 Å². The summed E-state index contributed by atoms with van der Waals surface area (Å²) >= 11 is 0. The molecule has 0 fully saturated rings. The number of rotatable bonds is 8. The van der Waals surface area contributed by atoms with Gasteiger partial charge in [-0.15, -0.1) is 0 Å². The molecule has 0 radical (unpaired) electrons. The number of fused-ring (bicyclic) bond motifs is 3. The van der Waals surface area contributed by atoms with Gasteiger partial charge in [0.05, 0.1) is 0 Å². The van der Waals surface area contributed by atoms with Crippen LogP contribution in [-0.2, 0) is 0 Å². The molecular weight excluding hydrogens is 621 g/mol. The average Bonchev–Trinajstić information content (AvgIpc) is 3.58. The lowest BCUT2D eigenvalue weighted by Crippen LogP contribution is -2.10. The van der Waals surface area contributed by atoms with E-state index in [9.17, 15) is 0 Å². The van der Waals surface area contributed by atoms with Gasteiger partial charge >= 0.3 is 0 Å². The van der Waals surface area contributed by atoms with Crippen LogP contribution in [0.4, 0.5) is 34.1 Å². The molecule has 3 heteroatoms. The van der Waals surface area contributed by atoms with Gasteiger partial charge in [-0.2, -0.15) is 0 Å². The van der Waals surface area contributed by atoms with Crippen LogP contribution in [0.3, 0.4) is 0 Å². The highest BCUT2D eigenvalue weighted by atomic mass is 16.3. The molecule has 0 aliphatic heterocycles. The van der Waals surface area contributed by atoms with Crippen molar-refractivity contribution in [2.45, 2.75) is 12.8 Å². The van der Waals surface area contributed by atoms with Crippen LogP contribution in [0.25, 0.3) is 38.6 Å². The maximum absolute atomic E-state index is 6.44. The monoisotopic (exact) mass is 656 g/mol. The zero-order chi connectivity index (χ0) is 34.0. The second-order valence-corrected chi connectivity index (χ2v) is 12.9. The lowest BCUT2D eigenvalue weighted by atomic mass is 9.99. The standard InChI is InChI=1S/C48H36N2O/c1-5-13-35(14-6-1)37-21-25-41(26-22-37)49(39-17-9-3-10-18-39)43-29-31-47-45(33-43)46-34-44(30-32-48(46)51-47)50(40-19-11-4-12-20-40)42-27-23-38(24-28-42)36-15-7-2-8-16-36/h1,3-7,9-34H,2,8H2. The van der Waals surface area contributed by atoms with E-state index in [0.717, 1.165) is 68.9 Å². The third kappa shape index (κ3) is 6.00. The summed E-state index contributed by atoms with van der Waals surface area (Å²) in [6.07, 6.45) is 9.03. The predicted molar refractivity (Wildman–Crippen MR) is 215 cm³/mol. The summed E-state index contributed by atoms with van der Waals surface area (Å²) in [5, 5.41) is 2.15. The van der Waals surface area contributed by atoms with E-state index in [0.29, 0.717) is 0 Å². The lowest BCUT2D eigenvalue weighted by Gasteiger charge is -2.26. The summed E-state index contributed by atoms with van der Waals surface area (Å²) < 4.78 is 6.44. The number of para-hydroxylation sites is 2. The number of hydrogen-bond donors (Lipinski definition) is 0. The molecule has 1 aliphatic rings. The van der Waals surface area contributed by atoms with Crippen molar-refractivity contribution in [3.05, 3.63) is 200 Å². The van der Waals surface area contributed by atoms with E-state index >= 15 is 0 Å². The van der Waals surface area contributed by atoms with Crippen molar-refractivity contribution in [1.29, 1.82) is 0 Å². The average molecular weight is 657 g/mol. The maximum Gasteiger partial charge on any atom is 0.135 e. The summed E-state index contributed by atoms with van der Waals surface area (Å²) in [7, 11) is 0. The van der Waals surface area contributed by atoms with Crippen LogP contribution in [0.2, 0.25) is 0 Å². The van der Waals surface area contributed by atoms with Crippen molar-refractivity contribution >= 4 is 61.6 Å². The zero-order valence-corrected chi connectivity index (χ0v) is 28.2. The smallest absolute Gasteiger partial charge is 0.135 e. The summed E-state index contributed by atoms with van der Waals surface area (Å²) in [5.41, 5.74) is 13.2. The Morgan fingerprint density at radius 2 is 0.804 bits per heavy atom. The van der Waals surface area contributed by atoms with Crippen LogP contribution in [-0.4, -0.2) is 0 Å². The highest BCUT2D eigenvalue weighted by molar-refractivity contribution is 6.08. The number of furan rings is 1. The number of hydrogen-bond acceptors (Lipinski definition) is 3. The molecule has 0 saturated heterocycles. The third-order valence-electron chi connectivity index (χ3n) is 9.67. The van der Waals surface area contributed by atoms with Crippen LogP contribution in [0.5, 0.6) is 0 Å². The second-order valence-electron chi connectivity index (χ2n) is 12.9. The largest absolute Gasteiger partial charge is 0.456 e. The number of allylic oxidation sites excluding steroid dienone is 4. The summed E-state index contributed by atoms with van der Waals surface area (Å²) in [4.78, 5) is 4.63. The molecule has 244 valence electrons. The Morgan fingerprint density at radius 1 is 0.373 bits per heavy atom. The van der Waals surface area contributed by atoms with Crippen molar-refractivity contribution < 1.29 is 4.42 Å². The van der Waals surface area contributed by atoms with Crippen molar-refractivity contribution in [2.75, 3.05) is 9.80 Å². The molecule has 7 aromatic carbocycles. The van der Waals surface area contributed by atoms with Gasteiger partial charge in [-0.1, -0.05) is 109 Å². The molecule has 1 heterocycles. The highest BCUT2D eigenvalue weighted by Crippen LogP contribution is 2.42. The first kappa shape index (κ1) is 30.5. The van der Waals surface area contributed by atoms with E-state index in [4.69, 9.17) is 4.42 Å². The lowest BCUT2D eigenvalue weighted by molar-refractivity contribution is 0.669. The fourth-order valence-electron chi connectivity index (χ4n) is 7.14. The molecule has 9 rings (SSSR count). The minimum absolute atomic E-state index is 0.864. The minimum atomic E-state index is 0.864. The molecule has 1 aromatic heterocycles. The molecule has 0 N–H and O–H groups in total. The van der Waals surface area contributed by atoms with E-state index in [1.54, 1.807) is 0 Å². The quantitative estimate of drug-likeness (QED) is 0.162. The van der Waals surface area contributed by atoms with Gasteiger partial charge in [0.2, 0.25) is 0 Å². The van der Waals surface area contributed by atoms with E-state index in [-0.39, 0.29) is 0 Å². The van der Waals surface area contributed by atoms with Gasteiger partial charge in [0.15, 0.2) is 0 Å². The molecule has 0 amide bonds. The van der Waals surface area contributed by atoms with Crippen molar-refractivity contribution in [1.82, 2.24) is 0 Å².